The number of hydrogen-bond donors (Lipinski definition) is 2. The maximum absolute atomic E-state index is 13.0. The highest BCUT2D eigenvalue weighted by Crippen LogP contribution is 2.32. The Balaban J connectivity index is 1.74. The van der Waals surface area contributed by atoms with Crippen molar-refractivity contribution in [3.8, 4) is 0 Å². The smallest absolute Gasteiger partial charge is 0.370 e. The standard InChI is InChI=1S/C18H22F3N5O/c1-2-22-17(23-11-15-6-7-24-25-15)26-8-9-27-16(12-26)13-4-3-5-14(10-13)18(19,20)21/h3-7,10,16H,2,8-9,11-12H2,1H3,(H,22,23)(H,24,25). The summed E-state index contributed by atoms with van der Waals surface area (Å²) >= 11 is 0. The Labute approximate surface area is 155 Å². The summed E-state index contributed by atoms with van der Waals surface area (Å²) in [6.07, 6.45) is -3.15. The van der Waals surface area contributed by atoms with E-state index in [2.05, 4.69) is 20.5 Å². The number of nitrogens with zero attached hydrogens (tertiary/aromatic N) is 3. The molecule has 9 heteroatoms. The second-order valence-corrected chi connectivity index (χ2v) is 6.18. The molecule has 6 nitrogen and oxygen atoms in total. The molecule has 2 aromatic rings. The summed E-state index contributed by atoms with van der Waals surface area (Å²) in [4.78, 5) is 6.60. The van der Waals surface area contributed by atoms with Crippen LogP contribution in [0.4, 0.5) is 13.2 Å². The molecule has 27 heavy (non-hydrogen) atoms. The highest BCUT2D eigenvalue weighted by molar-refractivity contribution is 5.80. The van der Waals surface area contributed by atoms with Crippen molar-refractivity contribution in [1.29, 1.82) is 0 Å². The van der Waals surface area contributed by atoms with Crippen molar-refractivity contribution in [3.05, 3.63) is 53.3 Å². The fourth-order valence-electron chi connectivity index (χ4n) is 2.92. The first kappa shape index (κ1) is 19.2. The molecule has 0 aliphatic carbocycles. The lowest BCUT2D eigenvalue weighted by atomic mass is 10.0. The van der Waals surface area contributed by atoms with Crippen LogP contribution in [0.1, 0.15) is 29.8 Å². The van der Waals surface area contributed by atoms with Crippen molar-refractivity contribution in [2.45, 2.75) is 25.7 Å². The van der Waals surface area contributed by atoms with Crippen molar-refractivity contribution in [1.82, 2.24) is 20.4 Å². The van der Waals surface area contributed by atoms with Gasteiger partial charge in [0.1, 0.15) is 6.10 Å². The van der Waals surface area contributed by atoms with Gasteiger partial charge >= 0.3 is 6.18 Å². The van der Waals surface area contributed by atoms with Gasteiger partial charge in [-0.3, -0.25) is 5.10 Å². The maximum Gasteiger partial charge on any atom is 0.416 e. The Hall–Kier alpha value is -2.55. The molecule has 3 rings (SSSR count). The summed E-state index contributed by atoms with van der Waals surface area (Å²) in [5, 5.41) is 9.98. The molecular formula is C18H22F3N5O. The second kappa shape index (κ2) is 8.43. The van der Waals surface area contributed by atoms with Gasteiger partial charge < -0.3 is 15.0 Å². The molecule has 0 bridgehead atoms. The Kier molecular flexibility index (Phi) is 6.00. The molecule has 1 unspecified atom stereocenters. The van der Waals surface area contributed by atoms with Crippen LogP contribution in [0.2, 0.25) is 0 Å². The molecule has 2 N–H and O–H groups in total. The maximum atomic E-state index is 13.0. The number of rotatable bonds is 4. The van der Waals surface area contributed by atoms with Crippen LogP contribution in [-0.2, 0) is 17.5 Å². The summed E-state index contributed by atoms with van der Waals surface area (Å²) < 4.78 is 44.7. The zero-order valence-electron chi connectivity index (χ0n) is 15.0. The van der Waals surface area contributed by atoms with Crippen LogP contribution in [0, 0.1) is 0 Å². The molecule has 1 saturated heterocycles. The molecule has 1 aromatic carbocycles. The number of hydrogen-bond acceptors (Lipinski definition) is 3. The molecule has 1 aliphatic heterocycles. The van der Waals surface area contributed by atoms with E-state index < -0.39 is 17.8 Å². The number of aliphatic imine (C=N–C) groups is 1. The van der Waals surface area contributed by atoms with Gasteiger partial charge in [-0.05, 0) is 30.7 Å². The van der Waals surface area contributed by atoms with Gasteiger partial charge in [-0.1, -0.05) is 12.1 Å². The van der Waals surface area contributed by atoms with Crippen molar-refractivity contribution in [2.24, 2.45) is 4.99 Å². The van der Waals surface area contributed by atoms with E-state index >= 15 is 0 Å². The van der Waals surface area contributed by atoms with Crippen molar-refractivity contribution in [3.63, 3.8) is 0 Å². The second-order valence-electron chi connectivity index (χ2n) is 6.18. The Bertz CT molecular complexity index is 761. The molecule has 1 aliphatic rings. The average molecular weight is 381 g/mol. The lowest BCUT2D eigenvalue weighted by Crippen LogP contribution is -2.48. The molecule has 0 amide bonds. The summed E-state index contributed by atoms with van der Waals surface area (Å²) in [6.45, 7) is 4.55. The first-order valence-corrected chi connectivity index (χ1v) is 8.77. The zero-order valence-corrected chi connectivity index (χ0v) is 15.0. The SMILES string of the molecule is CCNC(=NCc1ccn[nH]1)N1CCOC(c2cccc(C(F)(F)F)c2)C1. The summed E-state index contributed by atoms with van der Waals surface area (Å²) in [5.41, 5.74) is 0.729. The van der Waals surface area contributed by atoms with Gasteiger partial charge in [-0.2, -0.15) is 18.3 Å². The topological polar surface area (TPSA) is 65.5 Å². The van der Waals surface area contributed by atoms with E-state index in [9.17, 15) is 13.2 Å². The van der Waals surface area contributed by atoms with E-state index in [4.69, 9.17) is 4.74 Å². The Morgan fingerprint density at radius 2 is 2.26 bits per heavy atom. The zero-order chi connectivity index (χ0) is 19.3. The van der Waals surface area contributed by atoms with E-state index in [1.54, 1.807) is 12.3 Å². The molecule has 0 radical (unpaired) electrons. The third kappa shape index (κ3) is 5.00. The Morgan fingerprint density at radius 1 is 1.41 bits per heavy atom. The predicted octanol–water partition coefficient (Wildman–Crippen LogP) is 2.97. The fraction of sp³-hybridized carbons (Fsp3) is 0.444. The number of morpholine rings is 1. The van der Waals surface area contributed by atoms with Gasteiger partial charge in [0.05, 0.1) is 31.0 Å². The first-order chi connectivity index (χ1) is 13.0. The lowest BCUT2D eigenvalue weighted by molar-refractivity contribution is -0.137. The molecule has 1 fully saturated rings. The lowest BCUT2D eigenvalue weighted by Gasteiger charge is -2.35. The van der Waals surface area contributed by atoms with E-state index in [1.807, 2.05) is 17.9 Å². The molecule has 1 aromatic heterocycles. The average Bonchev–Trinajstić information content (AvgIpc) is 3.18. The van der Waals surface area contributed by atoms with Gasteiger partial charge in [-0.25, -0.2) is 4.99 Å². The fourth-order valence-corrected chi connectivity index (χ4v) is 2.92. The largest absolute Gasteiger partial charge is 0.416 e. The van der Waals surface area contributed by atoms with Gasteiger partial charge in [0, 0.05) is 19.3 Å². The number of guanidine groups is 1. The van der Waals surface area contributed by atoms with Crippen molar-refractivity contribution in [2.75, 3.05) is 26.2 Å². The third-order valence-electron chi connectivity index (χ3n) is 4.24. The number of benzene rings is 1. The minimum absolute atomic E-state index is 0.412. The van der Waals surface area contributed by atoms with Crippen molar-refractivity contribution >= 4 is 5.96 Å². The monoisotopic (exact) mass is 381 g/mol. The summed E-state index contributed by atoms with van der Waals surface area (Å²) in [6, 6.07) is 7.15. The normalized spacial score (nSPS) is 18.6. The molecule has 0 saturated carbocycles. The number of aromatic amines is 1. The minimum Gasteiger partial charge on any atom is -0.370 e. The van der Waals surface area contributed by atoms with E-state index in [1.165, 1.54) is 6.07 Å². The van der Waals surface area contributed by atoms with Gasteiger partial charge in [-0.15, -0.1) is 0 Å². The van der Waals surface area contributed by atoms with Gasteiger partial charge in [0.25, 0.3) is 0 Å². The summed E-state index contributed by atoms with van der Waals surface area (Å²) in [7, 11) is 0. The van der Waals surface area contributed by atoms with Crippen LogP contribution >= 0.6 is 0 Å². The predicted molar refractivity (Wildman–Crippen MR) is 95.1 cm³/mol. The molecule has 0 spiro atoms. The molecule has 146 valence electrons. The van der Waals surface area contributed by atoms with E-state index in [0.717, 1.165) is 17.8 Å². The molecule has 1 atom stereocenters. The molecular weight excluding hydrogens is 359 g/mol. The third-order valence-corrected chi connectivity index (χ3v) is 4.24. The van der Waals surface area contributed by atoms with Crippen LogP contribution < -0.4 is 5.32 Å². The van der Waals surface area contributed by atoms with Crippen LogP contribution in [0.15, 0.2) is 41.5 Å². The highest BCUT2D eigenvalue weighted by atomic mass is 19.4. The minimum atomic E-state index is -4.37. The van der Waals surface area contributed by atoms with Gasteiger partial charge in [0.15, 0.2) is 5.96 Å². The highest BCUT2D eigenvalue weighted by Gasteiger charge is 2.32. The van der Waals surface area contributed by atoms with E-state index in [-0.39, 0.29) is 0 Å². The van der Waals surface area contributed by atoms with Crippen LogP contribution in [0.25, 0.3) is 0 Å². The first-order valence-electron chi connectivity index (χ1n) is 8.77. The van der Waals surface area contributed by atoms with Crippen LogP contribution in [0.3, 0.4) is 0 Å². The van der Waals surface area contributed by atoms with Gasteiger partial charge in [0.2, 0.25) is 0 Å². The number of H-pyrrole nitrogens is 1. The van der Waals surface area contributed by atoms with E-state index in [0.29, 0.717) is 44.3 Å². The number of halogens is 3. The number of nitrogens with one attached hydrogen (secondary N) is 2. The van der Waals surface area contributed by atoms with Crippen LogP contribution in [-0.4, -0.2) is 47.3 Å². The van der Waals surface area contributed by atoms with Crippen LogP contribution in [0.5, 0.6) is 0 Å². The number of ether oxygens (including phenoxy) is 1. The van der Waals surface area contributed by atoms with Crippen molar-refractivity contribution < 1.29 is 17.9 Å². The number of alkyl halides is 3. The summed E-state index contributed by atoms with van der Waals surface area (Å²) in [5.74, 6) is 0.701. The Morgan fingerprint density at radius 3 is 2.96 bits per heavy atom. The quantitative estimate of drug-likeness (QED) is 0.631. The number of aromatic nitrogens is 2. The molecule has 2 heterocycles.